The van der Waals surface area contributed by atoms with Gasteiger partial charge in [-0.05, 0) is 6.07 Å². The summed E-state index contributed by atoms with van der Waals surface area (Å²) in [6, 6.07) is 1.63. The van der Waals surface area contributed by atoms with Crippen molar-refractivity contribution in [2.75, 3.05) is 41.7 Å². The molecule has 3 rings (SSSR count). The lowest BCUT2D eigenvalue weighted by molar-refractivity contribution is 0.190. The van der Waals surface area contributed by atoms with Crippen molar-refractivity contribution in [3.8, 4) is 0 Å². The Morgan fingerprint density at radius 3 is 2.77 bits per heavy atom. The van der Waals surface area contributed by atoms with E-state index in [-0.39, 0.29) is 6.61 Å². The second-order valence-electron chi connectivity index (χ2n) is 5.11. The summed E-state index contributed by atoms with van der Waals surface area (Å²) in [6.07, 6.45) is 1.06. The third-order valence-corrected chi connectivity index (χ3v) is 4.37. The molecule has 22 heavy (non-hydrogen) atoms. The van der Waals surface area contributed by atoms with Gasteiger partial charge in [-0.2, -0.15) is 4.98 Å². The Kier molecular flexibility index (Phi) is 4.36. The van der Waals surface area contributed by atoms with Gasteiger partial charge >= 0.3 is 0 Å². The van der Waals surface area contributed by atoms with E-state index in [0.29, 0.717) is 43.6 Å². The minimum absolute atomic E-state index is 0.0733. The van der Waals surface area contributed by atoms with E-state index in [1.54, 1.807) is 12.3 Å². The first kappa shape index (κ1) is 14.9. The van der Waals surface area contributed by atoms with E-state index in [1.165, 1.54) is 11.3 Å². The number of aliphatic hydroxyl groups excluding tert-OH is 2. The summed E-state index contributed by atoms with van der Waals surface area (Å²) in [5.74, 6) is 0.934. The molecule has 1 aliphatic rings. The van der Waals surface area contributed by atoms with Crippen LogP contribution in [-0.4, -0.2) is 57.4 Å². The summed E-state index contributed by atoms with van der Waals surface area (Å²) in [6.45, 7) is 2.20. The first-order chi connectivity index (χ1) is 10.7. The highest BCUT2D eigenvalue weighted by Gasteiger charge is 2.24. The predicted octanol–water partition coefficient (Wildman–Crippen LogP) is -0.305. The molecule has 0 spiro atoms. The molecule has 1 fully saturated rings. The molecule has 2 aromatic heterocycles. The SMILES string of the molecule is Nc1ccnc(N2CCN(c3nc(CO)cs3)C[C@H](O)C2)n1. The highest BCUT2D eigenvalue weighted by Crippen LogP contribution is 2.23. The van der Waals surface area contributed by atoms with Gasteiger partial charge in [0.1, 0.15) is 5.82 Å². The van der Waals surface area contributed by atoms with Gasteiger partial charge in [-0.1, -0.05) is 0 Å². The van der Waals surface area contributed by atoms with Crippen LogP contribution in [0.15, 0.2) is 17.6 Å². The maximum absolute atomic E-state index is 10.2. The lowest BCUT2D eigenvalue weighted by Crippen LogP contribution is -2.34. The Morgan fingerprint density at radius 1 is 1.27 bits per heavy atom. The highest BCUT2D eigenvalue weighted by atomic mass is 32.1. The highest BCUT2D eigenvalue weighted by molar-refractivity contribution is 7.13. The number of hydrogen-bond donors (Lipinski definition) is 3. The number of anilines is 3. The van der Waals surface area contributed by atoms with Gasteiger partial charge in [-0.3, -0.25) is 0 Å². The van der Waals surface area contributed by atoms with Gasteiger partial charge in [0.05, 0.1) is 18.4 Å². The number of aliphatic hydroxyl groups is 2. The molecule has 1 aliphatic heterocycles. The number of rotatable bonds is 3. The summed E-state index contributed by atoms with van der Waals surface area (Å²) in [5, 5.41) is 22.0. The molecule has 0 aromatic carbocycles. The molecule has 0 aliphatic carbocycles. The second kappa shape index (κ2) is 6.42. The van der Waals surface area contributed by atoms with Gasteiger partial charge in [0.15, 0.2) is 5.13 Å². The van der Waals surface area contributed by atoms with Crippen molar-refractivity contribution in [3.05, 3.63) is 23.3 Å². The van der Waals surface area contributed by atoms with Crippen molar-refractivity contribution >= 4 is 28.2 Å². The summed E-state index contributed by atoms with van der Waals surface area (Å²) in [4.78, 5) is 16.7. The number of nitrogens with zero attached hydrogens (tertiary/aromatic N) is 5. The average molecular weight is 322 g/mol. The van der Waals surface area contributed by atoms with Gasteiger partial charge in [-0.15, -0.1) is 11.3 Å². The minimum Gasteiger partial charge on any atom is -0.390 e. The lowest BCUT2D eigenvalue weighted by atomic mass is 10.3. The van der Waals surface area contributed by atoms with Crippen LogP contribution in [0.25, 0.3) is 0 Å². The van der Waals surface area contributed by atoms with E-state index in [1.807, 2.05) is 15.2 Å². The fourth-order valence-electron chi connectivity index (χ4n) is 2.37. The largest absolute Gasteiger partial charge is 0.390 e. The summed E-state index contributed by atoms with van der Waals surface area (Å²) < 4.78 is 0. The molecule has 0 bridgehead atoms. The van der Waals surface area contributed by atoms with E-state index in [2.05, 4.69) is 15.0 Å². The second-order valence-corrected chi connectivity index (χ2v) is 5.94. The third kappa shape index (κ3) is 3.26. The van der Waals surface area contributed by atoms with E-state index in [4.69, 9.17) is 10.8 Å². The van der Waals surface area contributed by atoms with Gasteiger partial charge < -0.3 is 25.7 Å². The van der Waals surface area contributed by atoms with Crippen LogP contribution in [0.4, 0.5) is 16.9 Å². The van der Waals surface area contributed by atoms with Crippen molar-refractivity contribution in [1.29, 1.82) is 0 Å². The Hall–Kier alpha value is -1.97. The third-order valence-electron chi connectivity index (χ3n) is 3.42. The smallest absolute Gasteiger partial charge is 0.227 e. The first-order valence-corrected chi connectivity index (χ1v) is 7.85. The van der Waals surface area contributed by atoms with Crippen molar-refractivity contribution in [3.63, 3.8) is 0 Å². The van der Waals surface area contributed by atoms with Crippen molar-refractivity contribution < 1.29 is 10.2 Å². The number of hydrogen-bond acceptors (Lipinski definition) is 9. The van der Waals surface area contributed by atoms with Crippen molar-refractivity contribution in [2.45, 2.75) is 12.7 Å². The molecule has 3 heterocycles. The van der Waals surface area contributed by atoms with Crippen LogP contribution >= 0.6 is 11.3 Å². The normalized spacial score (nSPS) is 19.3. The van der Waals surface area contributed by atoms with Crippen molar-refractivity contribution in [2.24, 2.45) is 0 Å². The fourth-order valence-corrected chi connectivity index (χ4v) is 3.23. The molecule has 0 radical (unpaired) electrons. The quantitative estimate of drug-likeness (QED) is 0.706. The number of β-amino-alcohol motifs (C(OH)–C–C–N with tert-alkyl or cyclic N) is 1. The predicted molar refractivity (Wildman–Crippen MR) is 84.9 cm³/mol. The summed E-state index contributed by atoms with van der Waals surface area (Å²) in [5.41, 5.74) is 6.34. The monoisotopic (exact) mass is 322 g/mol. The minimum atomic E-state index is -0.547. The van der Waals surface area contributed by atoms with Crippen LogP contribution in [0.2, 0.25) is 0 Å². The van der Waals surface area contributed by atoms with Crippen LogP contribution < -0.4 is 15.5 Å². The number of aromatic nitrogens is 3. The number of nitrogen functional groups attached to an aromatic ring is 1. The van der Waals surface area contributed by atoms with Gasteiger partial charge in [0.25, 0.3) is 0 Å². The van der Waals surface area contributed by atoms with Crippen LogP contribution in [0.1, 0.15) is 5.69 Å². The number of nitrogens with two attached hydrogens (primary N) is 1. The van der Waals surface area contributed by atoms with Gasteiger partial charge in [0, 0.05) is 37.8 Å². The molecule has 1 saturated heterocycles. The Morgan fingerprint density at radius 2 is 2.05 bits per heavy atom. The zero-order valence-electron chi connectivity index (χ0n) is 12.0. The van der Waals surface area contributed by atoms with Crippen LogP contribution in [-0.2, 0) is 6.61 Å². The lowest BCUT2D eigenvalue weighted by Gasteiger charge is -2.21. The molecule has 1 atom stereocenters. The Labute approximate surface area is 131 Å². The summed E-state index contributed by atoms with van der Waals surface area (Å²) >= 11 is 1.47. The van der Waals surface area contributed by atoms with E-state index < -0.39 is 6.10 Å². The Balaban J connectivity index is 1.75. The topological polar surface area (TPSA) is 112 Å². The molecule has 0 unspecified atom stereocenters. The van der Waals surface area contributed by atoms with E-state index in [0.717, 1.165) is 5.13 Å². The van der Waals surface area contributed by atoms with Gasteiger partial charge in [0.2, 0.25) is 5.95 Å². The molecule has 0 saturated carbocycles. The molecule has 9 heteroatoms. The molecule has 4 N–H and O–H groups in total. The van der Waals surface area contributed by atoms with E-state index >= 15 is 0 Å². The zero-order chi connectivity index (χ0) is 15.5. The zero-order valence-corrected chi connectivity index (χ0v) is 12.8. The molecule has 0 amide bonds. The molecular weight excluding hydrogens is 304 g/mol. The van der Waals surface area contributed by atoms with Gasteiger partial charge in [-0.25, -0.2) is 9.97 Å². The molecule has 2 aromatic rings. The standard InChI is InChI=1S/C13H18N6O2S/c14-11-1-2-15-12(17-11)18-3-4-19(6-10(21)5-18)13-16-9(7-20)8-22-13/h1-2,8,10,20-21H,3-7H2,(H2,14,15,17)/t10-/m1/s1. The maximum atomic E-state index is 10.2. The van der Waals surface area contributed by atoms with Crippen LogP contribution in [0.3, 0.4) is 0 Å². The fraction of sp³-hybridized carbons (Fsp3) is 0.462. The van der Waals surface area contributed by atoms with Crippen molar-refractivity contribution in [1.82, 2.24) is 15.0 Å². The van der Waals surface area contributed by atoms with Crippen LogP contribution in [0.5, 0.6) is 0 Å². The molecule has 118 valence electrons. The van der Waals surface area contributed by atoms with E-state index in [9.17, 15) is 5.11 Å². The molecular formula is C13H18N6O2S. The molecule has 8 nitrogen and oxygen atoms in total. The maximum Gasteiger partial charge on any atom is 0.227 e. The average Bonchev–Trinajstić information content (AvgIpc) is 2.90. The summed E-state index contributed by atoms with van der Waals surface area (Å²) in [7, 11) is 0. The number of thiazole rings is 1. The Bertz CT molecular complexity index is 636. The first-order valence-electron chi connectivity index (χ1n) is 6.97. The van der Waals surface area contributed by atoms with Crippen LogP contribution in [0, 0.1) is 0 Å².